The molecule has 1 heterocycles. The highest BCUT2D eigenvalue weighted by Gasteiger charge is 2.34. The van der Waals surface area contributed by atoms with Crippen LogP contribution >= 0.6 is 0 Å². The standard InChI is InChI=1S/C14H26N2O2/c1-3-15-11(2)8-14(17)16(13-4-5-13)9-12-6-7-18-10-12/h11-13,15H,3-10H2,1-2H3. The smallest absolute Gasteiger partial charge is 0.224 e. The molecule has 1 aliphatic heterocycles. The van der Waals surface area contributed by atoms with Crippen molar-refractivity contribution < 1.29 is 9.53 Å². The molecule has 2 rings (SSSR count). The fourth-order valence-corrected chi connectivity index (χ4v) is 2.65. The molecule has 0 radical (unpaired) electrons. The number of nitrogens with one attached hydrogen (secondary N) is 1. The summed E-state index contributed by atoms with van der Waals surface area (Å²) in [6.45, 7) is 7.70. The highest BCUT2D eigenvalue weighted by atomic mass is 16.5. The number of rotatable bonds is 7. The predicted octanol–water partition coefficient (Wildman–Crippen LogP) is 1.40. The Labute approximate surface area is 110 Å². The first kappa shape index (κ1) is 13.8. The van der Waals surface area contributed by atoms with E-state index in [4.69, 9.17) is 4.74 Å². The molecule has 104 valence electrons. The zero-order chi connectivity index (χ0) is 13.0. The van der Waals surface area contributed by atoms with Gasteiger partial charge in [0.15, 0.2) is 0 Å². The quantitative estimate of drug-likeness (QED) is 0.747. The van der Waals surface area contributed by atoms with E-state index in [0.29, 0.717) is 24.3 Å². The number of hydrogen-bond donors (Lipinski definition) is 1. The summed E-state index contributed by atoms with van der Waals surface area (Å²) in [5, 5.41) is 3.31. The lowest BCUT2D eigenvalue weighted by Crippen LogP contribution is -2.41. The second-order valence-corrected chi connectivity index (χ2v) is 5.67. The van der Waals surface area contributed by atoms with Crippen LogP contribution in [0.3, 0.4) is 0 Å². The molecule has 2 fully saturated rings. The normalized spacial score (nSPS) is 25.1. The number of amides is 1. The van der Waals surface area contributed by atoms with Crippen LogP contribution in [0.5, 0.6) is 0 Å². The topological polar surface area (TPSA) is 41.6 Å². The molecule has 4 nitrogen and oxygen atoms in total. The minimum atomic E-state index is 0.281. The summed E-state index contributed by atoms with van der Waals surface area (Å²) < 4.78 is 5.41. The second-order valence-electron chi connectivity index (χ2n) is 5.67. The summed E-state index contributed by atoms with van der Waals surface area (Å²) in [4.78, 5) is 14.5. The van der Waals surface area contributed by atoms with Gasteiger partial charge >= 0.3 is 0 Å². The van der Waals surface area contributed by atoms with Crippen molar-refractivity contribution in [2.45, 2.75) is 51.6 Å². The third kappa shape index (κ3) is 3.95. The van der Waals surface area contributed by atoms with Crippen LogP contribution in [0.1, 0.15) is 39.5 Å². The van der Waals surface area contributed by atoms with Gasteiger partial charge in [0, 0.05) is 37.6 Å². The van der Waals surface area contributed by atoms with Crippen LogP contribution < -0.4 is 5.32 Å². The molecule has 1 saturated heterocycles. The molecule has 0 aromatic heterocycles. The fourth-order valence-electron chi connectivity index (χ4n) is 2.65. The van der Waals surface area contributed by atoms with Gasteiger partial charge in [-0.15, -0.1) is 0 Å². The number of carbonyl (C=O) groups is 1. The van der Waals surface area contributed by atoms with E-state index in [2.05, 4.69) is 24.1 Å². The van der Waals surface area contributed by atoms with Gasteiger partial charge in [-0.2, -0.15) is 0 Å². The lowest BCUT2D eigenvalue weighted by Gasteiger charge is -2.26. The Bertz CT molecular complexity index is 273. The molecule has 0 aromatic rings. The molecular weight excluding hydrogens is 228 g/mol. The zero-order valence-corrected chi connectivity index (χ0v) is 11.7. The Morgan fingerprint density at radius 1 is 1.44 bits per heavy atom. The first-order chi connectivity index (χ1) is 8.70. The Hall–Kier alpha value is -0.610. The van der Waals surface area contributed by atoms with Gasteiger partial charge in [0.05, 0.1) is 6.61 Å². The van der Waals surface area contributed by atoms with Crippen molar-refractivity contribution in [1.29, 1.82) is 0 Å². The predicted molar refractivity (Wildman–Crippen MR) is 71.4 cm³/mol. The molecular formula is C14H26N2O2. The van der Waals surface area contributed by atoms with E-state index in [1.165, 1.54) is 12.8 Å². The van der Waals surface area contributed by atoms with Gasteiger partial charge < -0.3 is 15.0 Å². The third-order valence-electron chi connectivity index (χ3n) is 3.82. The minimum Gasteiger partial charge on any atom is -0.381 e. The van der Waals surface area contributed by atoms with E-state index in [1.807, 2.05) is 0 Å². The molecule has 18 heavy (non-hydrogen) atoms. The van der Waals surface area contributed by atoms with Gasteiger partial charge in [-0.1, -0.05) is 6.92 Å². The second kappa shape index (κ2) is 6.53. The molecule has 2 atom stereocenters. The molecule has 2 aliphatic rings. The van der Waals surface area contributed by atoms with Crippen molar-refractivity contribution >= 4 is 5.91 Å². The Morgan fingerprint density at radius 2 is 2.22 bits per heavy atom. The summed E-state index contributed by atoms with van der Waals surface area (Å²) in [5.74, 6) is 0.877. The van der Waals surface area contributed by atoms with Crippen molar-refractivity contribution in [3.8, 4) is 0 Å². The third-order valence-corrected chi connectivity index (χ3v) is 3.82. The lowest BCUT2D eigenvalue weighted by molar-refractivity contribution is -0.132. The summed E-state index contributed by atoms with van der Waals surface area (Å²) in [6, 6.07) is 0.801. The fraction of sp³-hybridized carbons (Fsp3) is 0.929. The summed E-state index contributed by atoms with van der Waals surface area (Å²) in [6.07, 6.45) is 4.11. The Balaban J connectivity index is 1.82. The van der Waals surface area contributed by atoms with E-state index in [1.54, 1.807) is 0 Å². The molecule has 0 spiro atoms. The van der Waals surface area contributed by atoms with E-state index in [-0.39, 0.29) is 6.04 Å². The maximum atomic E-state index is 12.3. The molecule has 1 amide bonds. The van der Waals surface area contributed by atoms with Crippen LogP contribution in [-0.4, -0.2) is 49.2 Å². The lowest BCUT2D eigenvalue weighted by atomic mass is 10.1. The molecule has 0 aromatic carbocycles. The van der Waals surface area contributed by atoms with Crippen molar-refractivity contribution in [1.82, 2.24) is 10.2 Å². The molecule has 1 N–H and O–H groups in total. The van der Waals surface area contributed by atoms with Crippen LogP contribution in [0, 0.1) is 5.92 Å². The van der Waals surface area contributed by atoms with Gasteiger partial charge in [-0.25, -0.2) is 0 Å². The van der Waals surface area contributed by atoms with Crippen molar-refractivity contribution in [2.24, 2.45) is 5.92 Å². The average Bonchev–Trinajstić information content (AvgIpc) is 3.03. The molecule has 2 unspecified atom stereocenters. The van der Waals surface area contributed by atoms with Gasteiger partial charge in [-0.3, -0.25) is 4.79 Å². The van der Waals surface area contributed by atoms with E-state index in [9.17, 15) is 4.79 Å². The number of ether oxygens (including phenoxy) is 1. The molecule has 1 saturated carbocycles. The van der Waals surface area contributed by atoms with Crippen LogP contribution in [0.25, 0.3) is 0 Å². The van der Waals surface area contributed by atoms with Crippen molar-refractivity contribution in [2.75, 3.05) is 26.3 Å². The number of carbonyl (C=O) groups excluding carboxylic acids is 1. The van der Waals surface area contributed by atoms with Crippen molar-refractivity contribution in [3.63, 3.8) is 0 Å². The van der Waals surface area contributed by atoms with E-state index < -0.39 is 0 Å². The Kier molecular flexibility index (Phi) is 5.01. The highest BCUT2D eigenvalue weighted by Crippen LogP contribution is 2.29. The SMILES string of the molecule is CCNC(C)CC(=O)N(CC1CCOC1)C1CC1. The molecule has 4 heteroatoms. The minimum absolute atomic E-state index is 0.281. The largest absolute Gasteiger partial charge is 0.381 e. The van der Waals surface area contributed by atoms with Crippen LogP contribution in [-0.2, 0) is 9.53 Å². The van der Waals surface area contributed by atoms with E-state index >= 15 is 0 Å². The van der Waals surface area contributed by atoms with Crippen LogP contribution in [0.2, 0.25) is 0 Å². The maximum absolute atomic E-state index is 12.3. The van der Waals surface area contributed by atoms with Crippen LogP contribution in [0.15, 0.2) is 0 Å². The first-order valence-corrected chi connectivity index (χ1v) is 7.31. The first-order valence-electron chi connectivity index (χ1n) is 7.31. The molecule has 0 bridgehead atoms. The Morgan fingerprint density at radius 3 is 2.78 bits per heavy atom. The van der Waals surface area contributed by atoms with E-state index in [0.717, 1.165) is 32.7 Å². The van der Waals surface area contributed by atoms with Gasteiger partial charge in [0.1, 0.15) is 0 Å². The van der Waals surface area contributed by atoms with Crippen molar-refractivity contribution in [3.05, 3.63) is 0 Å². The average molecular weight is 254 g/mol. The summed E-state index contributed by atoms with van der Waals surface area (Å²) in [7, 11) is 0. The number of nitrogens with zero attached hydrogens (tertiary/aromatic N) is 1. The molecule has 1 aliphatic carbocycles. The summed E-state index contributed by atoms with van der Waals surface area (Å²) in [5.41, 5.74) is 0. The monoisotopic (exact) mass is 254 g/mol. The van der Waals surface area contributed by atoms with Gasteiger partial charge in [0.25, 0.3) is 0 Å². The number of hydrogen-bond acceptors (Lipinski definition) is 3. The maximum Gasteiger partial charge on any atom is 0.224 e. The summed E-state index contributed by atoms with van der Waals surface area (Å²) >= 11 is 0. The van der Waals surface area contributed by atoms with Crippen LogP contribution in [0.4, 0.5) is 0 Å². The van der Waals surface area contributed by atoms with Gasteiger partial charge in [0.2, 0.25) is 5.91 Å². The van der Waals surface area contributed by atoms with Gasteiger partial charge in [-0.05, 0) is 32.7 Å². The highest BCUT2D eigenvalue weighted by molar-refractivity contribution is 5.77. The zero-order valence-electron chi connectivity index (χ0n) is 11.7.